The van der Waals surface area contributed by atoms with E-state index < -0.39 is 0 Å². The predicted molar refractivity (Wildman–Crippen MR) is 271 cm³/mol. The van der Waals surface area contributed by atoms with Crippen LogP contribution >= 0.6 is 11.3 Å². The van der Waals surface area contributed by atoms with Gasteiger partial charge in [0.15, 0.2) is 17.5 Å². The smallest absolute Gasteiger partial charge is 0.164 e. The molecule has 0 aliphatic rings. The van der Waals surface area contributed by atoms with Crippen molar-refractivity contribution < 1.29 is 4.42 Å². The molecule has 0 unspecified atom stereocenters. The normalized spacial score (nSPS) is 12.0. The third-order valence-corrected chi connectivity index (χ3v) is 14.2. The van der Waals surface area contributed by atoms with Crippen LogP contribution in [0.2, 0.25) is 0 Å². The fourth-order valence-corrected chi connectivity index (χ4v) is 11.2. The minimum atomic E-state index is 0.581. The van der Waals surface area contributed by atoms with Gasteiger partial charge in [0.2, 0.25) is 0 Å². The largest absolute Gasteiger partial charge is 0.456 e. The van der Waals surface area contributed by atoms with Crippen molar-refractivity contribution in [3.05, 3.63) is 206 Å². The molecule has 0 radical (unpaired) electrons. The lowest BCUT2D eigenvalue weighted by Gasteiger charge is -2.14. The zero-order valence-corrected chi connectivity index (χ0v) is 35.6. The number of nitrogens with zero attached hydrogens (tertiary/aromatic N) is 4. The minimum Gasteiger partial charge on any atom is -0.456 e. The Morgan fingerprint density at radius 3 is 1.88 bits per heavy atom. The Balaban J connectivity index is 1.04. The molecule has 4 aromatic heterocycles. The van der Waals surface area contributed by atoms with Crippen LogP contribution in [0.4, 0.5) is 0 Å². The number of rotatable bonds is 5. The third-order valence-electron chi connectivity index (χ3n) is 13.0. The van der Waals surface area contributed by atoms with Gasteiger partial charge in [-0.2, -0.15) is 0 Å². The lowest BCUT2D eigenvalue weighted by Crippen LogP contribution is -2.01. The average molecular weight is 847 g/mol. The molecule has 0 saturated heterocycles. The average Bonchev–Trinajstić information content (AvgIpc) is 4.05. The van der Waals surface area contributed by atoms with Gasteiger partial charge in [-0.3, -0.25) is 0 Å². The lowest BCUT2D eigenvalue weighted by atomic mass is 9.97. The van der Waals surface area contributed by atoms with Crippen LogP contribution in [0, 0.1) is 0 Å². The molecule has 302 valence electrons. The first-order valence-electron chi connectivity index (χ1n) is 21.8. The Morgan fingerprint density at radius 1 is 0.354 bits per heavy atom. The summed E-state index contributed by atoms with van der Waals surface area (Å²) >= 11 is 1.79. The molecule has 0 bridgehead atoms. The summed E-state index contributed by atoms with van der Waals surface area (Å²) in [5.41, 5.74) is 10.0. The first-order chi connectivity index (χ1) is 32.2. The molecule has 0 atom stereocenters. The van der Waals surface area contributed by atoms with E-state index in [4.69, 9.17) is 19.4 Å². The standard InChI is InChI=1S/C59H34N4OS/c1-2-13-35(14-3-1)36-25-27-37(28-26-36)57-60-58(45-20-12-24-54-56(45)44-19-8-11-23-53(44)65-54)62-59(61-57)48-34-52-55(43-18-7-10-22-51(43)64-52)47-33-40(29-30-41(47)48)63-49-21-9-6-17-42(49)46-31-38-15-4-5-16-39(38)32-50(46)63/h1-34H. The molecule has 6 heteroatoms. The molecule has 0 fully saturated rings. The molecule has 0 aliphatic heterocycles. The van der Waals surface area contributed by atoms with Crippen molar-refractivity contribution in [3.8, 4) is 51.0 Å². The molecule has 10 aromatic carbocycles. The molecule has 14 rings (SSSR count). The lowest BCUT2D eigenvalue weighted by molar-refractivity contribution is 0.669. The SMILES string of the molecule is c1ccc(-c2ccc(-c3nc(-c4cc5oc6ccccc6c5c5cc(-n6c7ccccc7c7cc8ccccc8cc76)ccc45)nc(-c4cccc5sc6ccccc6c45)n3)cc2)cc1. The molecule has 0 saturated carbocycles. The number of thiophene rings is 1. The van der Waals surface area contributed by atoms with E-state index in [1.165, 1.54) is 36.3 Å². The van der Waals surface area contributed by atoms with Gasteiger partial charge in [-0.25, -0.2) is 15.0 Å². The van der Waals surface area contributed by atoms with Gasteiger partial charge in [0.1, 0.15) is 11.2 Å². The second-order valence-electron chi connectivity index (χ2n) is 16.7. The van der Waals surface area contributed by atoms with Gasteiger partial charge in [0, 0.05) is 64.1 Å². The van der Waals surface area contributed by atoms with Crippen molar-refractivity contribution in [2.75, 3.05) is 0 Å². The van der Waals surface area contributed by atoms with Crippen molar-refractivity contribution in [1.82, 2.24) is 19.5 Å². The topological polar surface area (TPSA) is 56.7 Å². The maximum Gasteiger partial charge on any atom is 0.164 e. The van der Waals surface area contributed by atoms with E-state index in [-0.39, 0.29) is 0 Å². The van der Waals surface area contributed by atoms with E-state index in [2.05, 4.69) is 193 Å². The van der Waals surface area contributed by atoms with Crippen LogP contribution < -0.4 is 0 Å². The van der Waals surface area contributed by atoms with E-state index >= 15 is 0 Å². The van der Waals surface area contributed by atoms with Crippen LogP contribution in [0.5, 0.6) is 0 Å². The summed E-state index contributed by atoms with van der Waals surface area (Å²) in [5.74, 6) is 1.81. The molecule has 0 aliphatic carbocycles. The number of para-hydroxylation sites is 2. The van der Waals surface area contributed by atoms with Crippen LogP contribution in [0.3, 0.4) is 0 Å². The van der Waals surface area contributed by atoms with Crippen LogP contribution in [0.25, 0.3) is 136 Å². The van der Waals surface area contributed by atoms with Crippen molar-refractivity contribution in [2.24, 2.45) is 0 Å². The predicted octanol–water partition coefficient (Wildman–Crippen LogP) is 16.2. The number of hydrogen-bond donors (Lipinski definition) is 0. The highest BCUT2D eigenvalue weighted by Gasteiger charge is 2.22. The zero-order valence-electron chi connectivity index (χ0n) is 34.7. The van der Waals surface area contributed by atoms with E-state index in [1.807, 2.05) is 18.2 Å². The highest BCUT2D eigenvalue weighted by atomic mass is 32.1. The molecule has 65 heavy (non-hydrogen) atoms. The van der Waals surface area contributed by atoms with Crippen molar-refractivity contribution >= 4 is 96.8 Å². The number of furan rings is 1. The monoisotopic (exact) mass is 846 g/mol. The molecule has 0 amide bonds. The fraction of sp³-hybridized carbons (Fsp3) is 0. The summed E-state index contributed by atoms with van der Waals surface area (Å²) in [4.78, 5) is 16.1. The highest BCUT2D eigenvalue weighted by molar-refractivity contribution is 7.25. The molecule has 0 N–H and O–H groups in total. The summed E-state index contributed by atoms with van der Waals surface area (Å²) in [7, 11) is 0. The maximum atomic E-state index is 6.75. The van der Waals surface area contributed by atoms with Crippen LogP contribution in [-0.2, 0) is 0 Å². The van der Waals surface area contributed by atoms with Crippen molar-refractivity contribution in [3.63, 3.8) is 0 Å². The Kier molecular flexibility index (Phi) is 7.79. The second-order valence-corrected chi connectivity index (χ2v) is 17.8. The van der Waals surface area contributed by atoms with E-state index in [0.29, 0.717) is 17.5 Å². The van der Waals surface area contributed by atoms with Gasteiger partial charge in [-0.1, -0.05) is 152 Å². The summed E-state index contributed by atoms with van der Waals surface area (Å²) in [6.07, 6.45) is 0. The van der Waals surface area contributed by atoms with Crippen LogP contribution in [-0.4, -0.2) is 19.5 Å². The number of aromatic nitrogens is 4. The van der Waals surface area contributed by atoms with Gasteiger partial charge in [-0.05, 0) is 87.3 Å². The van der Waals surface area contributed by atoms with Gasteiger partial charge < -0.3 is 8.98 Å². The number of hydrogen-bond acceptors (Lipinski definition) is 5. The Morgan fingerprint density at radius 2 is 1.02 bits per heavy atom. The first kappa shape index (κ1) is 36.1. The van der Waals surface area contributed by atoms with E-state index in [9.17, 15) is 0 Å². The van der Waals surface area contributed by atoms with Gasteiger partial charge in [0.05, 0.1) is 11.0 Å². The molecular weight excluding hydrogens is 813 g/mol. The highest BCUT2D eigenvalue weighted by Crippen LogP contribution is 2.44. The molecular formula is C59H34N4OS. The third kappa shape index (κ3) is 5.61. The minimum absolute atomic E-state index is 0.581. The fourth-order valence-electron chi connectivity index (χ4n) is 10.0. The Labute approximate surface area is 376 Å². The quantitative estimate of drug-likeness (QED) is 0.173. The Hall–Kier alpha value is -8.45. The van der Waals surface area contributed by atoms with Crippen LogP contribution in [0.15, 0.2) is 211 Å². The first-order valence-corrected chi connectivity index (χ1v) is 22.7. The number of benzene rings is 10. The van der Waals surface area contributed by atoms with Gasteiger partial charge >= 0.3 is 0 Å². The van der Waals surface area contributed by atoms with Gasteiger partial charge in [-0.15, -0.1) is 11.3 Å². The molecule has 0 spiro atoms. The van der Waals surface area contributed by atoms with Crippen LogP contribution in [0.1, 0.15) is 0 Å². The van der Waals surface area contributed by atoms with E-state index in [1.54, 1.807) is 11.3 Å². The summed E-state index contributed by atoms with van der Waals surface area (Å²) in [6, 6.07) is 73.3. The second kappa shape index (κ2) is 14.0. The zero-order chi connectivity index (χ0) is 42.6. The molecule has 4 heterocycles. The Bertz CT molecular complexity index is 4240. The summed E-state index contributed by atoms with van der Waals surface area (Å²) < 4.78 is 11.6. The number of fused-ring (bicyclic) bond motifs is 12. The van der Waals surface area contributed by atoms with Crippen molar-refractivity contribution in [2.45, 2.75) is 0 Å². The molecule has 5 nitrogen and oxygen atoms in total. The van der Waals surface area contributed by atoms with Crippen molar-refractivity contribution in [1.29, 1.82) is 0 Å². The maximum absolute atomic E-state index is 6.75. The summed E-state index contributed by atoms with van der Waals surface area (Å²) in [6.45, 7) is 0. The molecule has 14 aromatic rings. The van der Waals surface area contributed by atoms with E-state index in [0.717, 1.165) is 82.6 Å². The summed E-state index contributed by atoms with van der Waals surface area (Å²) in [5, 5.41) is 11.4. The van der Waals surface area contributed by atoms with Gasteiger partial charge in [0.25, 0.3) is 0 Å².